The van der Waals surface area contributed by atoms with E-state index in [0.717, 1.165) is 10.9 Å². The summed E-state index contributed by atoms with van der Waals surface area (Å²) in [5.74, 6) is 0.114. The van der Waals surface area contributed by atoms with Gasteiger partial charge in [0.15, 0.2) is 11.7 Å². The second-order valence-electron chi connectivity index (χ2n) is 7.32. The quantitative estimate of drug-likeness (QED) is 0.665. The molecule has 1 aliphatic heterocycles. The largest absolute Gasteiger partial charge is 0.453 e. The third-order valence-corrected chi connectivity index (χ3v) is 5.30. The summed E-state index contributed by atoms with van der Waals surface area (Å²) in [5, 5.41) is 1.36. The van der Waals surface area contributed by atoms with Crippen LogP contribution >= 0.6 is 11.6 Å². The van der Waals surface area contributed by atoms with Crippen molar-refractivity contribution < 1.29 is 14.0 Å². The van der Waals surface area contributed by atoms with Crippen LogP contribution in [0.15, 0.2) is 52.0 Å². The monoisotopic (exact) mass is 410 g/mol. The summed E-state index contributed by atoms with van der Waals surface area (Å²) in [5.41, 5.74) is 6.95. The molecular formula is C21H19ClN4O3. The van der Waals surface area contributed by atoms with E-state index in [9.17, 15) is 9.59 Å². The predicted octanol–water partition coefficient (Wildman–Crippen LogP) is 3.30. The number of carbonyl (C=O) groups is 2. The number of aromatic nitrogens is 1. The van der Waals surface area contributed by atoms with Gasteiger partial charge >= 0.3 is 0 Å². The lowest BCUT2D eigenvalue weighted by Gasteiger charge is -2.32. The minimum Gasteiger partial charge on any atom is -0.453 e. The van der Waals surface area contributed by atoms with E-state index in [1.54, 1.807) is 49.6 Å². The van der Waals surface area contributed by atoms with E-state index in [1.807, 2.05) is 6.92 Å². The van der Waals surface area contributed by atoms with E-state index in [2.05, 4.69) is 9.98 Å². The Morgan fingerprint density at radius 2 is 2.10 bits per heavy atom. The number of nitrogens with two attached hydrogens (primary N) is 1. The van der Waals surface area contributed by atoms with Gasteiger partial charge in [0.1, 0.15) is 11.1 Å². The Kier molecular flexibility index (Phi) is 4.62. The number of ketones is 1. The van der Waals surface area contributed by atoms with Crippen molar-refractivity contribution in [1.29, 1.82) is 0 Å². The molecule has 0 radical (unpaired) electrons. The Morgan fingerprint density at radius 1 is 1.31 bits per heavy atom. The first kappa shape index (κ1) is 19.1. The summed E-state index contributed by atoms with van der Waals surface area (Å²) in [6.07, 6.45) is 1.89. The average Bonchev–Trinajstić information content (AvgIpc) is 3.09. The fraction of sp³-hybridized carbons (Fsp3) is 0.238. The van der Waals surface area contributed by atoms with Gasteiger partial charge in [-0.05, 0) is 48.9 Å². The Morgan fingerprint density at radius 3 is 2.86 bits per heavy atom. The van der Waals surface area contributed by atoms with Crippen LogP contribution in [0.5, 0.6) is 0 Å². The molecule has 4 rings (SSSR count). The summed E-state index contributed by atoms with van der Waals surface area (Å²) in [4.78, 5) is 35.1. The van der Waals surface area contributed by atoms with E-state index in [1.165, 1.54) is 4.90 Å². The third kappa shape index (κ3) is 3.61. The molecule has 0 bridgehead atoms. The number of fused-ring (bicyclic) bond motifs is 1. The molecule has 0 saturated heterocycles. The molecule has 2 aromatic heterocycles. The molecule has 0 fully saturated rings. The normalized spacial score (nSPS) is 19.5. The Labute approximate surface area is 172 Å². The van der Waals surface area contributed by atoms with Gasteiger partial charge in [0.25, 0.3) is 0 Å². The van der Waals surface area contributed by atoms with Crippen molar-refractivity contribution in [1.82, 2.24) is 9.88 Å². The van der Waals surface area contributed by atoms with Crippen LogP contribution in [0, 0.1) is 0 Å². The molecule has 29 heavy (non-hydrogen) atoms. The fourth-order valence-corrected chi connectivity index (χ4v) is 3.54. The van der Waals surface area contributed by atoms with Crippen molar-refractivity contribution in [3.63, 3.8) is 0 Å². The van der Waals surface area contributed by atoms with Crippen LogP contribution in [-0.2, 0) is 16.8 Å². The van der Waals surface area contributed by atoms with Crippen molar-refractivity contribution in [2.45, 2.75) is 25.3 Å². The number of furan rings is 1. The molecule has 7 nitrogen and oxygen atoms in total. The Bertz CT molecular complexity index is 1170. The zero-order chi connectivity index (χ0) is 20.8. The Hall–Kier alpha value is -3.19. The number of halogens is 1. The molecule has 0 spiro atoms. The van der Waals surface area contributed by atoms with E-state index < -0.39 is 5.54 Å². The van der Waals surface area contributed by atoms with E-state index in [4.69, 9.17) is 21.8 Å². The van der Waals surface area contributed by atoms with Gasteiger partial charge in [0, 0.05) is 30.1 Å². The zero-order valence-corrected chi connectivity index (χ0v) is 16.7. The number of guanidine groups is 1. The molecule has 1 aliphatic rings. The topological polar surface area (TPSA) is 102 Å². The first-order valence-electron chi connectivity index (χ1n) is 9.05. The molecule has 3 heterocycles. The highest BCUT2D eigenvalue weighted by Crippen LogP contribution is 2.32. The van der Waals surface area contributed by atoms with Crippen molar-refractivity contribution in [3.05, 3.63) is 64.6 Å². The van der Waals surface area contributed by atoms with Crippen LogP contribution in [0.3, 0.4) is 0 Å². The van der Waals surface area contributed by atoms with Crippen LogP contribution in [0.2, 0.25) is 5.02 Å². The minimum absolute atomic E-state index is 0.131. The summed E-state index contributed by atoms with van der Waals surface area (Å²) in [6, 6.07) is 10.4. The van der Waals surface area contributed by atoms with Crippen LogP contribution in [-0.4, -0.2) is 34.6 Å². The van der Waals surface area contributed by atoms with Gasteiger partial charge in [-0.2, -0.15) is 0 Å². The van der Waals surface area contributed by atoms with Crippen LogP contribution in [0.4, 0.5) is 0 Å². The third-order valence-electron chi connectivity index (χ3n) is 5.07. The molecule has 1 atom stereocenters. The number of amides is 1. The molecule has 8 heteroatoms. The molecule has 1 aromatic carbocycles. The lowest BCUT2D eigenvalue weighted by Crippen LogP contribution is -2.47. The van der Waals surface area contributed by atoms with E-state index >= 15 is 0 Å². The zero-order valence-electron chi connectivity index (χ0n) is 16.0. The highest BCUT2D eigenvalue weighted by molar-refractivity contribution is 6.31. The van der Waals surface area contributed by atoms with Gasteiger partial charge in [0.05, 0.1) is 12.1 Å². The molecule has 3 aromatic rings. The van der Waals surface area contributed by atoms with Gasteiger partial charge in [-0.25, -0.2) is 4.99 Å². The van der Waals surface area contributed by atoms with Crippen LogP contribution in [0.25, 0.3) is 11.0 Å². The molecule has 2 N–H and O–H groups in total. The second-order valence-corrected chi connectivity index (χ2v) is 7.75. The number of Topliss-reactive ketones (excluding diaryl/α,β-unsaturated/α-hetero) is 1. The summed E-state index contributed by atoms with van der Waals surface area (Å²) >= 11 is 5.99. The number of benzene rings is 1. The average molecular weight is 411 g/mol. The number of nitrogens with zero attached hydrogens (tertiary/aromatic N) is 3. The lowest BCUT2D eigenvalue weighted by atomic mass is 9.90. The van der Waals surface area contributed by atoms with Crippen molar-refractivity contribution in [3.8, 4) is 0 Å². The number of rotatable bonds is 4. The molecule has 148 valence electrons. The maximum absolute atomic E-state index is 12.7. The number of hydrogen-bond acceptors (Lipinski definition) is 6. The minimum atomic E-state index is -0.872. The SMILES string of the molecule is CN1C(=O)CC(C)(c2cc(CC(=O)c3cc4cc(Cl)ccc4o3)ccn2)N=C1N. The van der Waals surface area contributed by atoms with E-state index in [0.29, 0.717) is 16.3 Å². The maximum atomic E-state index is 12.7. The Balaban J connectivity index is 1.60. The van der Waals surface area contributed by atoms with Gasteiger partial charge in [-0.3, -0.25) is 19.5 Å². The number of aliphatic imine (C=N–C) groups is 1. The van der Waals surface area contributed by atoms with Gasteiger partial charge in [-0.1, -0.05) is 11.6 Å². The summed E-state index contributed by atoms with van der Waals surface area (Å²) in [7, 11) is 1.59. The maximum Gasteiger partial charge on any atom is 0.231 e. The highest BCUT2D eigenvalue weighted by atomic mass is 35.5. The molecule has 0 aliphatic carbocycles. The van der Waals surface area contributed by atoms with Crippen LogP contribution < -0.4 is 5.73 Å². The number of pyridine rings is 1. The van der Waals surface area contributed by atoms with Crippen molar-refractivity contribution in [2.75, 3.05) is 7.05 Å². The fourth-order valence-electron chi connectivity index (χ4n) is 3.36. The summed E-state index contributed by atoms with van der Waals surface area (Å²) < 4.78 is 5.65. The van der Waals surface area contributed by atoms with Gasteiger partial charge in [0.2, 0.25) is 11.7 Å². The predicted molar refractivity (Wildman–Crippen MR) is 110 cm³/mol. The smallest absolute Gasteiger partial charge is 0.231 e. The molecular weight excluding hydrogens is 392 g/mol. The standard InChI is InChI=1S/C21H19ClN4O3/c1-21(11-19(28)26(2)20(23)25-21)18-8-12(5-6-24-18)7-15(27)17-10-13-9-14(22)3-4-16(13)29-17/h3-6,8-10H,7,11H2,1-2H3,(H2,23,25). The van der Waals surface area contributed by atoms with Crippen molar-refractivity contribution in [2.24, 2.45) is 10.7 Å². The molecule has 1 amide bonds. The number of hydrogen-bond donors (Lipinski definition) is 1. The first-order valence-corrected chi connectivity index (χ1v) is 9.42. The second kappa shape index (κ2) is 7.00. The van der Waals surface area contributed by atoms with Crippen molar-refractivity contribution >= 4 is 40.2 Å². The lowest BCUT2D eigenvalue weighted by molar-refractivity contribution is -0.128. The summed E-state index contributed by atoms with van der Waals surface area (Å²) in [6.45, 7) is 1.81. The van der Waals surface area contributed by atoms with Gasteiger partial charge < -0.3 is 10.2 Å². The van der Waals surface area contributed by atoms with E-state index in [-0.39, 0.29) is 36.3 Å². The first-order chi connectivity index (χ1) is 13.7. The molecule has 0 saturated carbocycles. The highest BCUT2D eigenvalue weighted by Gasteiger charge is 2.37. The number of carbonyl (C=O) groups excluding carboxylic acids is 2. The van der Waals surface area contributed by atoms with Crippen LogP contribution in [0.1, 0.15) is 35.2 Å². The van der Waals surface area contributed by atoms with Gasteiger partial charge in [-0.15, -0.1) is 0 Å². The molecule has 1 unspecified atom stereocenters.